The number of amides is 1. The average Bonchev–Trinajstić information content (AvgIpc) is 2.80. The van der Waals surface area contributed by atoms with Gasteiger partial charge in [-0.25, -0.2) is 0 Å². The zero-order chi connectivity index (χ0) is 13.1. The van der Waals surface area contributed by atoms with Crippen LogP contribution in [-0.2, 0) is 17.6 Å². The summed E-state index contributed by atoms with van der Waals surface area (Å²) in [5.74, 6) is 0.228. The van der Waals surface area contributed by atoms with Crippen LogP contribution in [0, 0.1) is 0 Å². The molecule has 98 valence electrons. The molecule has 0 saturated heterocycles. The standard InChI is InChI=1S/C14H20N2O2/c1-3-13(17)15-12-6-5-10-8-16(14(18)4-2)9-11(10)7-12/h8-9,12H,3-7H2,1-2H3,(H,15,17). The quantitative estimate of drug-likeness (QED) is 0.888. The van der Waals surface area contributed by atoms with E-state index in [2.05, 4.69) is 5.32 Å². The maximum Gasteiger partial charge on any atom is 0.230 e. The van der Waals surface area contributed by atoms with Crippen molar-refractivity contribution in [3.05, 3.63) is 23.5 Å². The molecule has 0 saturated carbocycles. The van der Waals surface area contributed by atoms with E-state index in [-0.39, 0.29) is 17.9 Å². The number of fused-ring (bicyclic) bond motifs is 1. The SMILES string of the molecule is CCC(=O)NC1CCc2cn(C(=O)CC)cc2C1. The maximum atomic E-state index is 11.6. The summed E-state index contributed by atoms with van der Waals surface area (Å²) >= 11 is 0. The van der Waals surface area contributed by atoms with Gasteiger partial charge in [-0.3, -0.25) is 14.2 Å². The molecular formula is C14H20N2O2. The fourth-order valence-electron chi connectivity index (χ4n) is 2.42. The highest BCUT2D eigenvalue weighted by Crippen LogP contribution is 2.22. The summed E-state index contributed by atoms with van der Waals surface area (Å²) < 4.78 is 1.69. The van der Waals surface area contributed by atoms with Gasteiger partial charge in [-0.05, 0) is 30.4 Å². The highest BCUT2D eigenvalue weighted by molar-refractivity contribution is 5.79. The minimum atomic E-state index is 0.104. The van der Waals surface area contributed by atoms with Crippen molar-refractivity contribution in [2.75, 3.05) is 0 Å². The number of nitrogens with one attached hydrogen (secondary N) is 1. The van der Waals surface area contributed by atoms with E-state index in [1.807, 2.05) is 26.2 Å². The van der Waals surface area contributed by atoms with Gasteiger partial charge in [-0.1, -0.05) is 13.8 Å². The normalized spacial score (nSPS) is 18.2. The second kappa shape index (κ2) is 5.38. The third-order valence-electron chi connectivity index (χ3n) is 3.51. The summed E-state index contributed by atoms with van der Waals surface area (Å²) in [6.07, 6.45) is 7.65. The van der Waals surface area contributed by atoms with Crippen molar-refractivity contribution in [3.8, 4) is 0 Å². The summed E-state index contributed by atoms with van der Waals surface area (Å²) in [5, 5.41) is 3.03. The highest BCUT2D eigenvalue weighted by Gasteiger charge is 2.22. The van der Waals surface area contributed by atoms with Crippen LogP contribution in [0.4, 0.5) is 0 Å². The van der Waals surface area contributed by atoms with Crippen molar-refractivity contribution in [1.29, 1.82) is 0 Å². The Bertz CT molecular complexity index is 462. The van der Waals surface area contributed by atoms with Crippen LogP contribution in [0.15, 0.2) is 12.4 Å². The lowest BCUT2D eigenvalue weighted by Crippen LogP contribution is -2.38. The lowest BCUT2D eigenvalue weighted by atomic mass is 9.91. The largest absolute Gasteiger partial charge is 0.353 e. The third kappa shape index (κ3) is 2.63. The molecule has 1 N–H and O–H groups in total. The van der Waals surface area contributed by atoms with E-state index in [0.29, 0.717) is 12.8 Å². The van der Waals surface area contributed by atoms with Gasteiger partial charge in [-0.2, -0.15) is 0 Å². The molecule has 0 spiro atoms. The molecule has 1 aromatic heterocycles. The van der Waals surface area contributed by atoms with Crippen molar-refractivity contribution >= 4 is 11.8 Å². The molecule has 0 aromatic carbocycles. The summed E-state index contributed by atoms with van der Waals surface area (Å²) in [4.78, 5) is 23.0. The van der Waals surface area contributed by atoms with Crippen LogP contribution < -0.4 is 5.32 Å². The number of carbonyl (C=O) groups excluding carboxylic acids is 2. The Hall–Kier alpha value is -1.58. The topological polar surface area (TPSA) is 51.1 Å². The number of hydrogen-bond donors (Lipinski definition) is 1. The predicted octanol–water partition coefficient (Wildman–Crippen LogP) is 1.92. The Morgan fingerprint density at radius 3 is 2.67 bits per heavy atom. The zero-order valence-electron chi connectivity index (χ0n) is 11.0. The molecule has 1 atom stereocenters. The Labute approximate surface area is 107 Å². The van der Waals surface area contributed by atoms with E-state index < -0.39 is 0 Å². The van der Waals surface area contributed by atoms with Gasteiger partial charge in [0, 0.05) is 31.3 Å². The second-order valence-electron chi connectivity index (χ2n) is 4.82. The molecule has 4 heteroatoms. The van der Waals surface area contributed by atoms with Gasteiger partial charge in [0.05, 0.1) is 0 Å². The average molecular weight is 248 g/mol. The van der Waals surface area contributed by atoms with E-state index >= 15 is 0 Å². The summed E-state index contributed by atoms with van der Waals surface area (Å²) in [7, 11) is 0. The summed E-state index contributed by atoms with van der Waals surface area (Å²) in [5.41, 5.74) is 2.45. The van der Waals surface area contributed by atoms with Gasteiger partial charge in [-0.15, -0.1) is 0 Å². The Kier molecular flexibility index (Phi) is 3.84. The van der Waals surface area contributed by atoms with Gasteiger partial charge in [0.2, 0.25) is 11.8 Å². The van der Waals surface area contributed by atoms with E-state index in [1.165, 1.54) is 11.1 Å². The number of nitrogens with zero attached hydrogens (tertiary/aromatic N) is 1. The molecule has 0 bridgehead atoms. The number of rotatable bonds is 3. The first kappa shape index (κ1) is 12.9. The van der Waals surface area contributed by atoms with Gasteiger partial charge < -0.3 is 5.32 Å². The summed E-state index contributed by atoms with van der Waals surface area (Å²) in [6.45, 7) is 3.73. The first-order valence-corrected chi connectivity index (χ1v) is 6.66. The summed E-state index contributed by atoms with van der Waals surface area (Å²) in [6, 6.07) is 0.220. The molecule has 1 heterocycles. The van der Waals surface area contributed by atoms with E-state index in [1.54, 1.807) is 4.57 Å². The first-order chi connectivity index (χ1) is 8.63. The molecule has 18 heavy (non-hydrogen) atoms. The van der Waals surface area contributed by atoms with Crippen molar-refractivity contribution in [2.24, 2.45) is 0 Å². The van der Waals surface area contributed by atoms with Crippen LogP contribution in [0.2, 0.25) is 0 Å². The van der Waals surface area contributed by atoms with Crippen molar-refractivity contribution in [2.45, 2.75) is 52.0 Å². The van der Waals surface area contributed by atoms with Crippen molar-refractivity contribution in [1.82, 2.24) is 9.88 Å². The molecule has 1 aliphatic rings. The number of hydrogen-bond acceptors (Lipinski definition) is 2. The Morgan fingerprint density at radius 2 is 2.00 bits per heavy atom. The maximum absolute atomic E-state index is 11.6. The molecular weight excluding hydrogens is 228 g/mol. The molecule has 1 aliphatic carbocycles. The van der Waals surface area contributed by atoms with Crippen LogP contribution >= 0.6 is 0 Å². The van der Waals surface area contributed by atoms with Crippen LogP contribution in [0.5, 0.6) is 0 Å². The second-order valence-corrected chi connectivity index (χ2v) is 4.82. The molecule has 0 fully saturated rings. The van der Waals surface area contributed by atoms with E-state index in [4.69, 9.17) is 0 Å². The van der Waals surface area contributed by atoms with Crippen molar-refractivity contribution < 1.29 is 9.59 Å². The van der Waals surface area contributed by atoms with Gasteiger partial charge in [0.15, 0.2) is 0 Å². The molecule has 4 nitrogen and oxygen atoms in total. The number of carbonyl (C=O) groups is 2. The van der Waals surface area contributed by atoms with Crippen LogP contribution in [0.25, 0.3) is 0 Å². The number of aryl methyl sites for hydroxylation is 1. The molecule has 0 aliphatic heterocycles. The molecule has 1 aromatic rings. The zero-order valence-corrected chi connectivity index (χ0v) is 11.0. The van der Waals surface area contributed by atoms with Crippen LogP contribution in [-0.4, -0.2) is 22.4 Å². The number of aromatic nitrogens is 1. The van der Waals surface area contributed by atoms with E-state index in [0.717, 1.165) is 19.3 Å². The van der Waals surface area contributed by atoms with Gasteiger partial charge >= 0.3 is 0 Å². The smallest absolute Gasteiger partial charge is 0.230 e. The Morgan fingerprint density at radius 1 is 1.28 bits per heavy atom. The van der Waals surface area contributed by atoms with Gasteiger partial charge in [0.25, 0.3) is 0 Å². The van der Waals surface area contributed by atoms with Gasteiger partial charge in [0.1, 0.15) is 0 Å². The minimum Gasteiger partial charge on any atom is -0.353 e. The lowest BCUT2D eigenvalue weighted by molar-refractivity contribution is -0.121. The fraction of sp³-hybridized carbons (Fsp3) is 0.571. The lowest BCUT2D eigenvalue weighted by Gasteiger charge is -2.23. The molecule has 1 amide bonds. The van der Waals surface area contributed by atoms with Crippen LogP contribution in [0.3, 0.4) is 0 Å². The molecule has 2 rings (SSSR count). The van der Waals surface area contributed by atoms with Crippen molar-refractivity contribution in [3.63, 3.8) is 0 Å². The van der Waals surface area contributed by atoms with E-state index in [9.17, 15) is 9.59 Å². The predicted molar refractivity (Wildman–Crippen MR) is 69.6 cm³/mol. The fourth-order valence-corrected chi connectivity index (χ4v) is 2.42. The third-order valence-corrected chi connectivity index (χ3v) is 3.51. The molecule has 1 unspecified atom stereocenters. The molecule has 0 radical (unpaired) electrons. The monoisotopic (exact) mass is 248 g/mol. The first-order valence-electron chi connectivity index (χ1n) is 6.66. The van der Waals surface area contributed by atoms with Crippen LogP contribution in [0.1, 0.15) is 49.0 Å². The Balaban J connectivity index is 2.07. The minimum absolute atomic E-state index is 0.104. The highest BCUT2D eigenvalue weighted by atomic mass is 16.2.